The zero-order valence-electron chi connectivity index (χ0n) is 8.77. The molecule has 0 heterocycles. The van der Waals surface area contributed by atoms with Gasteiger partial charge in [-0.1, -0.05) is 31.6 Å². The van der Waals surface area contributed by atoms with Crippen LogP contribution in [0, 0.1) is 5.92 Å². The number of hydrogen-bond donors (Lipinski definition) is 0. The molecular weight excluding hydrogens is 144 g/mol. The predicted molar refractivity (Wildman–Crippen MR) is 57.3 cm³/mol. The molecule has 70 valence electrons. The van der Waals surface area contributed by atoms with Crippen molar-refractivity contribution in [1.29, 1.82) is 0 Å². The Balaban J connectivity index is 3.60. The van der Waals surface area contributed by atoms with Crippen LogP contribution in [0.25, 0.3) is 0 Å². The molecule has 0 radical (unpaired) electrons. The van der Waals surface area contributed by atoms with Gasteiger partial charge in [0.2, 0.25) is 0 Å². The van der Waals surface area contributed by atoms with Crippen LogP contribution in [0.4, 0.5) is 0 Å². The SMILES string of the molecule is C=CCCCC=C(C)C(C)CC. The first-order valence-electron chi connectivity index (χ1n) is 4.99. The summed E-state index contributed by atoms with van der Waals surface area (Å²) in [5, 5.41) is 0. The van der Waals surface area contributed by atoms with Gasteiger partial charge < -0.3 is 0 Å². The highest BCUT2D eigenvalue weighted by Crippen LogP contribution is 2.14. The van der Waals surface area contributed by atoms with E-state index >= 15 is 0 Å². The molecule has 1 unspecified atom stereocenters. The fraction of sp³-hybridized carbons (Fsp3) is 0.667. The minimum absolute atomic E-state index is 0.758. The zero-order valence-corrected chi connectivity index (χ0v) is 8.77. The molecule has 0 spiro atoms. The van der Waals surface area contributed by atoms with Gasteiger partial charge in [-0.05, 0) is 38.5 Å². The molecule has 0 aliphatic heterocycles. The number of unbranched alkanes of at least 4 members (excludes halogenated alkanes) is 2. The van der Waals surface area contributed by atoms with Crippen LogP contribution in [-0.2, 0) is 0 Å². The Morgan fingerprint density at radius 1 is 1.42 bits per heavy atom. The van der Waals surface area contributed by atoms with Crippen molar-refractivity contribution in [3.63, 3.8) is 0 Å². The highest BCUT2D eigenvalue weighted by molar-refractivity contribution is 5.01. The van der Waals surface area contributed by atoms with Crippen molar-refractivity contribution >= 4 is 0 Å². The van der Waals surface area contributed by atoms with E-state index in [4.69, 9.17) is 0 Å². The van der Waals surface area contributed by atoms with E-state index in [0.29, 0.717) is 0 Å². The van der Waals surface area contributed by atoms with Crippen molar-refractivity contribution in [2.24, 2.45) is 5.92 Å². The van der Waals surface area contributed by atoms with Gasteiger partial charge in [-0.25, -0.2) is 0 Å². The van der Waals surface area contributed by atoms with Crippen molar-refractivity contribution in [2.75, 3.05) is 0 Å². The van der Waals surface area contributed by atoms with E-state index in [0.717, 1.165) is 12.3 Å². The van der Waals surface area contributed by atoms with Crippen LogP contribution in [0.3, 0.4) is 0 Å². The maximum Gasteiger partial charge on any atom is -0.0237 e. The highest BCUT2D eigenvalue weighted by atomic mass is 14.0. The average molecular weight is 166 g/mol. The Kier molecular flexibility index (Phi) is 6.84. The van der Waals surface area contributed by atoms with Crippen LogP contribution in [0.15, 0.2) is 24.3 Å². The van der Waals surface area contributed by atoms with Gasteiger partial charge in [-0.15, -0.1) is 6.58 Å². The fourth-order valence-corrected chi connectivity index (χ4v) is 1.12. The lowest BCUT2D eigenvalue weighted by Crippen LogP contribution is -1.93. The Labute approximate surface area is 77.4 Å². The molecule has 0 heteroatoms. The van der Waals surface area contributed by atoms with Crippen molar-refractivity contribution in [1.82, 2.24) is 0 Å². The zero-order chi connectivity index (χ0) is 9.40. The molecule has 0 fully saturated rings. The van der Waals surface area contributed by atoms with E-state index in [2.05, 4.69) is 33.4 Å². The van der Waals surface area contributed by atoms with Gasteiger partial charge in [0.15, 0.2) is 0 Å². The maximum absolute atomic E-state index is 3.71. The molecule has 0 bridgehead atoms. The molecule has 0 N–H and O–H groups in total. The highest BCUT2D eigenvalue weighted by Gasteiger charge is 1.98. The van der Waals surface area contributed by atoms with Gasteiger partial charge in [0.05, 0.1) is 0 Å². The quantitative estimate of drug-likeness (QED) is 0.407. The second kappa shape index (κ2) is 7.15. The predicted octanol–water partition coefficient (Wildman–Crippen LogP) is 4.34. The molecule has 0 nitrogen and oxygen atoms in total. The summed E-state index contributed by atoms with van der Waals surface area (Å²) in [6.07, 6.45) is 9.22. The van der Waals surface area contributed by atoms with E-state index in [-0.39, 0.29) is 0 Å². The van der Waals surface area contributed by atoms with Crippen molar-refractivity contribution < 1.29 is 0 Å². The Hall–Kier alpha value is -0.520. The Morgan fingerprint density at radius 3 is 2.58 bits per heavy atom. The lowest BCUT2D eigenvalue weighted by molar-refractivity contribution is 0.649. The molecule has 0 aromatic heterocycles. The van der Waals surface area contributed by atoms with Gasteiger partial charge in [0.1, 0.15) is 0 Å². The number of allylic oxidation sites excluding steroid dienone is 3. The van der Waals surface area contributed by atoms with E-state index in [1.54, 1.807) is 5.57 Å². The van der Waals surface area contributed by atoms with Crippen molar-refractivity contribution in [3.05, 3.63) is 24.3 Å². The smallest absolute Gasteiger partial charge is 0.0237 e. The first-order valence-corrected chi connectivity index (χ1v) is 4.99. The lowest BCUT2D eigenvalue weighted by Gasteiger charge is -2.08. The van der Waals surface area contributed by atoms with Crippen LogP contribution < -0.4 is 0 Å². The topological polar surface area (TPSA) is 0 Å². The molecule has 0 aliphatic carbocycles. The van der Waals surface area contributed by atoms with Gasteiger partial charge in [0, 0.05) is 0 Å². The molecule has 0 aromatic rings. The lowest BCUT2D eigenvalue weighted by atomic mass is 9.98. The monoisotopic (exact) mass is 166 g/mol. The minimum atomic E-state index is 0.758. The Morgan fingerprint density at radius 2 is 2.08 bits per heavy atom. The molecule has 1 atom stereocenters. The van der Waals surface area contributed by atoms with Gasteiger partial charge in [-0.3, -0.25) is 0 Å². The van der Waals surface area contributed by atoms with Gasteiger partial charge in [0.25, 0.3) is 0 Å². The molecule has 0 rings (SSSR count). The molecule has 0 saturated heterocycles. The summed E-state index contributed by atoms with van der Waals surface area (Å²) < 4.78 is 0. The molecular formula is C12H22. The molecule has 0 amide bonds. The first-order chi connectivity index (χ1) is 5.72. The number of rotatable bonds is 6. The van der Waals surface area contributed by atoms with Gasteiger partial charge in [-0.2, -0.15) is 0 Å². The normalized spacial score (nSPS) is 14.4. The first kappa shape index (κ1) is 11.5. The van der Waals surface area contributed by atoms with Crippen LogP contribution in [0.5, 0.6) is 0 Å². The second-order valence-electron chi connectivity index (χ2n) is 3.48. The summed E-state index contributed by atoms with van der Waals surface area (Å²) in [5.74, 6) is 0.758. The van der Waals surface area contributed by atoms with E-state index in [1.165, 1.54) is 19.3 Å². The van der Waals surface area contributed by atoms with Crippen molar-refractivity contribution in [2.45, 2.75) is 46.5 Å². The molecule has 0 aromatic carbocycles. The fourth-order valence-electron chi connectivity index (χ4n) is 1.12. The molecule has 12 heavy (non-hydrogen) atoms. The maximum atomic E-state index is 3.71. The summed E-state index contributed by atoms with van der Waals surface area (Å²) in [4.78, 5) is 0. The largest absolute Gasteiger partial charge is 0.103 e. The minimum Gasteiger partial charge on any atom is -0.103 e. The number of hydrogen-bond acceptors (Lipinski definition) is 0. The summed E-state index contributed by atoms with van der Waals surface area (Å²) in [6, 6.07) is 0. The van der Waals surface area contributed by atoms with Gasteiger partial charge >= 0.3 is 0 Å². The van der Waals surface area contributed by atoms with Crippen LogP contribution in [0.1, 0.15) is 46.5 Å². The summed E-state index contributed by atoms with van der Waals surface area (Å²) in [6.45, 7) is 10.5. The van der Waals surface area contributed by atoms with Crippen LogP contribution in [0.2, 0.25) is 0 Å². The standard InChI is InChI=1S/C12H22/c1-5-7-8-9-10-12(4)11(3)6-2/h5,10-11H,1,6-9H2,2-4H3. The van der Waals surface area contributed by atoms with Crippen LogP contribution in [-0.4, -0.2) is 0 Å². The van der Waals surface area contributed by atoms with E-state index in [9.17, 15) is 0 Å². The summed E-state index contributed by atoms with van der Waals surface area (Å²) in [7, 11) is 0. The van der Waals surface area contributed by atoms with E-state index < -0.39 is 0 Å². The summed E-state index contributed by atoms with van der Waals surface area (Å²) in [5.41, 5.74) is 1.54. The van der Waals surface area contributed by atoms with E-state index in [1.807, 2.05) is 6.08 Å². The third-order valence-electron chi connectivity index (χ3n) is 2.47. The average Bonchev–Trinajstić information content (AvgIpc) is 2.10. The Bertz CT molecular complexity index is 142. The third kappa shape index (κ3) is 5.17. The summed E-state index contributed by atoms with van der Waals surface area (Å²) >= 11 is 0. The van der Waals surface area contributed by atoms with Crippen molar-refractivity contribution in [3.8, 4) is 0 Å². The molecule has 0 aliphatic rings. The molecule has 0 saturated carbocycles. The second-order valence-corrected chi connectivity index (χ2v) is 3.48. The van der Waals surface area contributed by atoms with Crippen LogP contribution >= 0.6 is 0 Å². The third-order valence-corrected chi connectivity index (χ3v) is 2.47.